The van der Waals surface area contributed by atoms with Crippen molar-refractivity contribution in [3.05, 3.63) is 30.1 Å². The largest absolute Gasteiger partial charge is 0.356 e. The maximum atomic E-state index is 4.32. The smallest absolute Gasteiger partial charge is 0.191 e. The first kappa shape index (κ1) is 19.2. The molecule has 0 aliphatic heterocycles. The number of hydrogen-bond donors (Lipinski definition) is 2. The van der Waals surface area contributed by atoms with E-state index in [0.717, 1.165) is 50.3 Å². The number of nitrogens with zero attached hydrogens (tertiary/aromatic N) is 3. The van der Waals surface area contributed by atoms with E-state index >= 15 is 0 Å². The minimum Gasteiger partial charge on any atom is -0.356 e. The van der Waals surface area contributed by atoms with Gasteiger partial charge in [0.2, 0.25) is 0 Å². The fourth-order valence-electron chi connectivity index (χ4n) is 2.43. The van der Waals surface area contributed by atoms with Gasteiger partial charge >= 0.3 is 0 Å². The Morgan fingerprint density at radius 3 is 2.68 bits per heavy atom. The molecule has 1 fully saturated rings. The summed E-state index contributed by atoms with van der Waals surface area (Å²) < 4.78 is 0. The number of nitrogens with one attached hydrogen (secondary N) is 2. The van der Waals surface area contributed by atoms with E-state index in [2.05, 4.69) is 32.4 Å². The average Bonchev–Trinajstić information content (AvgIpc) is 3.35. The number of hydrogen-bond acceptors (Lipinski definition) is 3. The van der Waals surface area contributed by atoms with E-state index in [1.807, 2.05) is 31.4 Å². The highest BCUT2D eigenvalue weighted by Crippen LogP contribution is 2.25. The van der Waals surface area contributed by atoms with E-state index in [4.69, 9.17) is 0 Å². The minimum atomic E-state index is 0. The van der Waals surface area contributed by atoms with Gasteiger partial charge in [-0.3, -0.25) is 14.9 Å². The van der Waals surface area contributed by atoms with Crippen LogP contribution in [-0.2, 0) is 6.42 Å². The van der Waals surface area contributed by atoms with Gasteiger partial charge in [-0.1, -0.05) is 13.0 Å². The van der Waals surface area contributed by atoms with E-state index < -0.39 is 0 Å². The van der Waals surface area contributed by atoms with Gasteiger partial charge in [-0.15, -0.1) is 24.0 Å². The summed E-state index contributed by atoms with van der Waals surface area (Å²) >= 11 is 0. The summed E-state index contributed by atoms with van der Waals surface area (Å²) in [6, 6.07) is 6.84. The zero-order valence-electron chi connectivity index (χ0n) is 13.6. The van der Waals surface area contributed by atoms with Gasteiger partial charge in [-0.25, -0.2) is 0 Å². The lowest BCUT2D eigenvalue weighted by Crippen LogP contribution is -2.42. The number of aromatic nitrogens is 1. The average molecular weight is 417 g/mol. The molecule has 0 saturated heterocycles. The molecule has 0 spiro atoms. The molecule has 2 N–H and O–H groups in total. The molecule has 1 aliphatic carbocycles. The van der Waals surface area contributed by atoms with Crippen molar-refractivity contribution in [3.8, 4) is 0 Å². The number of rotatable bonds is 8. The molecule has 22 heavy (non-hydrogen) atoms. The van der Waals surface area contributed by atoms with E-state index in [0.29, 0.717) is 0 Å². The lowest BCUT2D eigenvalue weighted by molar-refractivity contribution is 0.282. The Balaban J connectivity index is 0.00000242. The van der Waals surface area contributed by atoms with Crippen LogP contribution in [0, 0.1) is 0 Å². The van der Waals surface area contributed by atoms with Crippen LogP contribution in [0.2, 0.25) is 0 Å². The fraction of sp³-hybridized carbons (Fsp3) is 0.625. The maximum absolute atomic E-state index is 4.32. The van der Waals surface area contributed by atoms with Crippen molar-refractivity contribution >= 4 is 29.9 Å². The highest BCUT2D eigenvalue weighted by molar-refractivity contribution is 14.0. The number of guanidine groups is 1. The van der Waals surface area contributed by atoms with Crippen molar-refractivity contribution in [1.82, 2.24) is 20.5 Å². The monoisotopic (exact) mass is 417 g/mol. The standard InChI is InChI=1S/C16H27N5.HI/c1-3-21(15-7-8-15)13-12-20-16(17-2)19-11-9-14-6-4-5-10-18-14;/h4-6,10,15H,3,7-9,11-13H2,1-2H3,(H2,17,19,20);1H. The molecule has 5 nitrogen and oxygen atoms in total. The van der Waals surface area contributed by atoms with Crippen molar-refractivity contribution in [1.29, 1.82) is 0 Å². The second kappa shape index (κ2) is 10.8. The third-order valence-electron chi connectivity index (χ3n) is 3.78. The topological polar surface area (TPSA) is 52.5 Å². The fourth-order valence-corrected chi connectivity index (χ4v) is 2.43. The molecule has 6 heteroatoms. The molecule has 0 radical (unpaired) electrons. The number of aliphatic imine (C=N–C) groups is 1. The van der Waals surface area contributed by atoms with E-state index in [9.17, 15) is 0 Å². The lowest BCUT2D eigenvalue weighted by atomic mass is 10.3. The highest BCUT2D eigenvalue weighted by atomic mass is 127. The van der Waals surface area contributed by atoms with Crippen LogP contribution in [0.1, 0.15) is 25.5 Å². The third-order valence-corrected chi connectivity index (χ3v) is 3.78. The van der Waals surface area contributed by atoms with Crippen LogP contribution in [0.15, 0.2) is 29.4 Å². The molecular weight excluding hydrogens is 389 g/mol. The minimum absolute atomic E-state index is 0. The van der Waals surface area contributed by atoms with Gasteiger partial charge in [0.05, 0.1) is 0 Å². The summed E-state index contributed by atoms with van der Waals surface area (Å²) in [5.41, 5.74) is 1.10. The summed E-state index contributed by atoms with van der Waals surface area (Å²) in [4.78, 5) is 11.1. The Morgan fingerprint density at radius 2 is 2.09 bits per heavy atom. The Hall–Kier alpha value is -0.890. The Morgan fingerprint density at radius 1 is 1.32 bits per heavy atom. The molecule has 0 aromatic carbocycles. The van der Waals surface area contributed by atoms with Gasteiger partial charge in [0.25, 0.3) is 0 Å². The summed E-state index contributed by atoms with van der Waals surface area (Å²) in [5, 5.41) is 6.71. The van der Waals surface area contributed by atoms with Crippen molar-refractivity contribution < 1.29 is 0 Å². The zero-order chi connectivity index (χ0) is 14.9. The first-order valence-electron chi connectivity index (χ1n) is 7.92. The Kier molecular flexibility index (Phi) is 9.38. The van der Waals surface area contributed by atoms with Crippen LogP contribution in [0.4, 0.5) is 0 Å². The second-order valence-corrected chi connectivity index (χ2v) is 5.36. The van der Waals surface area contributed by atoms with Gasteiger partial charge in [0.1, 0.15) is 0 Å². The van der Waals surface area contributed by atoms with Gasteiger partial charge in [0, 0.05) is 51.0 Å². The normalized spacial score (nSPS) is 14.6. The van der Waals surface area contributed by atoms with E-state index in [-0.39, 0.29) is 24.0 Å². The molecule has 0 atom stereocenters. The van der Waals surface area contributed by atoms with Crippen molar-refractivity contribution in [3.63, 3.8) is 0 Å². The van der Waals surface area contributed by atoms with Crippen molar-refractivity contribution in [2.75, 3.05) is 33.2 Å². The van der Waals surface area contributed by atoms with Crippen LogP contribution in [0.25, 0.3) is 0 Å². The third kappa shape index (κ3) is 6.91. The summed E-state index contributed by atoms with van der Waals surface area (Å²) in [6.45, 7) is 6.24. The quantitative estimate of drug-likeness (QED) is 0.386. The molecule has 0 bridgehead atoms. The predicted molar refractivity (Wildman–Crippen MR) is 103 cm³/mol. The molecule has 0 amide bonds. The molecule has 1 aromatic rings. The molecule has 124 valence electrons. The molecule has 1 aliphatic rings. The highest BCUT2D eigenvalue weighted by Gasteiger charge is 2.27. The Labute approximate surface area is 151 Å². The van der Waals surface area contributed by atoms with Gasteiger partial charge in [0.15, 0.2) is 5.96 Å². The summed E-state index contributed by atoms with van der Waals surface area (Å²) in [7, 11) is 1.81. The number of likely N-dealkylation sites (N-methyl/N-ethyl adjacent to an activating group) is 1. The Bertz CT molecular complexity index is 433. The van der Waals surface area contributed by atoms with Crippen LogP contribution in [0.3, 0.4) is 0 Å². The van der Waals surface area contributed by atoms with Crippen molar-refractivity contribution in [2.45, 2.75) is 32.2 Å². The molecule has 1 saturated carbocycles. The second-order valence-electron chi connectivity index (χ2n) is 5.36. The first-order valence-corrected chi connectivity index (χ1v) is 7.92. The number of pyridine rings is 1. The number of halogens is 1. The van der Waals surface area contributed by atoms with Gasteiger partial charge < -0.3 is 10.6 Å². The summed E-state index contributed by atoms with van der Waals surface area (Å²) in [6.07, 6.45) is 5.47. The maximum Gasteiger partial charge on any atom is 0.191 e. The van der Waals surface area contributed by atoms with Crippen LogP contribution >= 0.6 is 24.0 Å². The summed E-state index contributed by atoms with van der Waals surface area (Å²) in [5.74, 6) is 0.873. The zero-order valence-corrected chi connectivity index (χ0v) is 15.9. The lowest BCUT2D eigenvalue weighted by Gasteiger charge is -2.20. The first-order chi connectivity index (χ1) is 10.3. The molecule has 2 rings (SSSR count). The van der Waals surface area contributed by atoms with Crippen LogP contribution in [-0.4, -0.2) is 55.1 Å². The molecular formula is C16H28IN5. The van der Waals surface area contributed by atoms with Crippen LogP contribution in [0.5, 0.6) is 0 Å². The predicted octanol–water partition coefficient (Wildman–Crippen LogP) is 1.89. The van der Waals surface area contributed by atoms with Crippen molar-refractivity contribution in [2.24, 2.45) is 4.99 Å². The van der Waals surface area contributed by atoms with E-state index in [1.54, 1.807) is 0 Å². The molecule has 1 heterocycles. The van der Waals surface area contributed by atoms with Gasteiger partial charge in [-0.2, -0.15) is 0 Å². The SMILES string of the molecule is CCN(CCNC(=NC)NCCc1ccccn1)C1CC1.I. The molecule has 0 unspecified atom stereocenters. The molecule has 1 aromatic heterocycles. The van der Waals surface area contributed by atoms with Gasteiger partial charge in [-0.05, 0) is 31.5 Å². The van der Waals surface area contributed by atoms with E-state index in [1.165, 1.54) is 12.8 Å². The van der Waals surface area contributed by atoms with Crippen LogP contribution < -0.4 is 10.6 Å².